The van der Waals surface area contributed by atoms with Gasteiger partial charge >= 0.3 is 0 Å². The summed E-state index contributed by atoms with van der Waals surface area (Å²) in [5.41, 5.74) is 7.12. The molecule has 1 fully saturated rings. The number of Topliss-reactive ketones (excluding diaryl/α,β-unsaturated/α-hetero) is 1. The summed E-state index contributed by atoms with van der Waals surface area (Å²) in [6.07, 6.45) is 2.23. The van der Waals surface area contributed by atoms with Crippen molar-refractivity contribution in [1.29, 1.82) is 0 Å². The largest absolute Gasteiger partial charge is 0.369 e. The zero-order chi connectivity index (χ0) is 14.7. The molecular formula is C16H22N2O2. The van der Waals surface area contributed by atoms with Crippen molar-refractivity contribution in [3.8, 4) is 0 Å². The van der Waals surface area contributed by atoms with Crippen LogP contribution in [0.3, 0.4) is 0 Å². The van der Waals surface area contributed by atoms with Crippen molar-refractivity contribution in [2.45, 2.75) is 39.2 Å². The Morgan fingerprint density at radius 2 is 2.00 bits per heavy atom. The van der Waals surface area contributed by atoms with Gasteiger partial charge < -0.3 is 10.6 Å². The lowest BCUT2D eigenvalue weighted by Gasteiger charge is -2.39. The number of carbonyl (C=O) groups excluding carboxylic acids is 2. The number of rotatable bonds is 4. The number of primary amides is 1. The Balaban J connectivity index is 2.34. The first kappa shape index (κ1) is 14.6. The number of nitrogens with zero attached hydrogens (tertiary/aromatic N) is 1. The molecule has 1 aliphatic heterocycles. The first-order chi connectivity index (χ1) is 9.54. The minimum atomic E-state index is -0.249. The maximum atomic E-state index is 12.1. The van der Waals surface area contributed by atoms with Crippen molar-refractivity contribution >= 4 is 17.4 Å². The van der Waals surface area contributed by atoms with Crippen LogP contribution in [0.25, 0.3) is 0 Å². The van der Waals surface area contributed by atoms with Crippen molar-refractivity contribution in [3.05, 3.63) is 29.8 Å². The average molecular weight is 274 g/mol. The van der Waals surface area contributed by atoms with Crippen LogP contribution in [0, 0.1) is 5.92 Å². The maximum absolute atomic E-state index is 12.1. The van der Waals surface area contributed by atoms with Gasteiger partial charge in [-0.15, -0.1) is 0 Å². The van der Waals surface area contributed by atoms with Crippen molar-refractivity contribution in [3.63, 3.8) is 0 Å². The molecule has 2 atom stereocenters. The highest BCUT2D eigenvalue weighted by atomic mass is 16.1. The molecule has 108 valence electrons. The van der Waals surface area contributed by atoms with E-state index in [0.29, 0.717) is 19.0 Å². The normalized spacial score (nSPS) is 22.6. The van der Waals surface area contributed by atoms with Gasteiger partial charge in [-0.3, -0.25) is 9.59 Å². The number of hydrogen-bond donors (Lipinski definition) is 1. The van der Waals surface area contributed by atoms with Crippen LogP contribution in [0.2, 0.25) is 0 Å². The Kier molecular flexibility index (Phi) is 4.42. The maximum Gasteiger partial charge on any atom is 0.222 e. The summed E-state index contributed by atoms with van der Waals surface area (Å²) >= 11 is 0. The third kappa shape index (κ3) is 2.84. The monoisotopic (exact) mass is 274 g/mol. The molecule has 0 aromatic heterocycles. The van der Waals surface area contributed by atoms with E-state index < -0.39 is 0 Å². The predicted molar refractivity (Wildman–Crippen MR) is 79.8 cm³/mol. The van der Waals surface area contributed by atoms with Crippen LogP contribution >= 0.6 is 0 Å². The first-order valence-electron chi connectivity index (χ1n) is 7.22. The van der Waals surface area contributed by atoms with Crippen molar-refractivity contribution < 1.29 is 9.59 Å². The Morgan fingerprint density at radius 3 is 2.65 bits per heavy atom. The highest BCUT2D eigenvalue weighted by Gasteiger charge is 2.30. The Morgan fingerprint density at radius 1 is 1.30 bits per heavy atom. The van der Waals surface area contributed by atoms with Gasteiger partial charge in [0.15, 0.2) is 5.78 Å². The minimum Gasteiger partial charge on any atom is -0.369 e. The van der Waals surface area contributed by atoms with Crippen LogP contribution in [0.4, 0.5) is 5.69 Å². The second kappa shape index (κ2) is 6.07. The lowest BCUT2D eigenvalue weighted by Crippen LogP contribution is -2.46. The lowest BCUT2D eigenvalue weighted by molar-refractivity contribution is -0.122. The van der Waals surface area contributed by atoms with E-state index in [-0.39, 0.29) is 17.6 Å². The Hall–Kier alpha value is -1.84. The van der Waals surface area contributed by atoms with Crippen LogP contribution in [-0.2, 0) is 4.79 Å². The molecule has 0 radical (unpaired) electrons. The summed E-state index contributed by atoms with van der Waals surface area (Å²) in [4.78, 5) is 25.7. The van der Waals surface area contributed by atoms with Crippen molar-refractivity contribution in [2.24, 2.45) is 11.7 Å². The molecule has 4 heteroatoms. The number of anilines is 1. The van der Waals surface area contributed by atoms with E-state index in [1.807, 2.05) is 31.2 Å². The van der Waals surface area contributed by atoms with Crippen LogP contribution < -0.4 is 10.6 Å². The van der Waals surface area contributed by atoms with Gasteiger partial charge in [-0.05, 0) is 31.9 Å². The fourth-order valence-corrected chi connectivity index (χ4v) is 2.83. The summed E-state index contributed by atoms with van der Waals surface area (Å²) in [5.74, 6) is -0.244. The van der Waals surface area contributed by atoms with Gasteiger partial charge in [-0.25, -0.2) is 0 Å². The molecule has 1 aromatic rings. The SMILES string of the molecule is CCC(=O)c1ccccc1N1CC(C(N)=O)CCC1C. The van der Waals surface area contributed by atoms with Gasteiger partial charge in [-0.1, -0.05) is 19.1 Å². The molecule has 1 aromatic carbocycles. The van der Waals surface area contributed by atoms with E-state index in [1.54, 1.807) is 0 Å². The van der Waals surface area contributed by atoms with Gasteiger partial charge in [0.2, 0.25) is 5.91 Å². The fourth-order valence-electron chi connectivity index (χ4n) is 2.83. The highest BCUT2D eigenvalue weighted by molar-refractivity contribution is 6.01. The van der Waals surface area contributed by atoms with Crippen LogP contribution in [0.1, 0.15) is 43.5 Å². The van der Waals surface area contributed by atoms with E-state index in [9.17, 15) is 9.59 Å². The van der Waals surface area contributed by atoms with Crippen molar-refractivity contribution in [1.82, 2.24) is 0 Å². The van der Waals surface area contributed by atoms with Gasteiger partial charge in [0.1, 0.15) is 0 Å². The number of hydrogen-bond acceptors (Lipinski definition) is 3. The molecule has 0 spiro atoms. The summed E-state index contributed by atoms with van der Waals surface area (Å²) in [5, 5.41) is 0. The third-order valence-electron chi connectivity index (χ3n) is 4.12. The summed E-state index contributed by atoms with van der Waals surface area (Å²) in [7, 11) is 0. The molecule has 1 aliphatic rings. The highest BCUT2D eigenvalue weighted by Crippen LogP contribution is 2.30. The number of nitrogens with two attached hydrogens (primary N) is 1. The molecule has 1 heterocycles. The number of amides is 1. The van der Waals surface area contributed by atoms with E-state index in [0.717, 1.165) is 24.1 Å². The number of piperidine rings is 1. The summed E-state index contributed by atoms with van der Waals surface area (Å²) in [6.45, 7) is 4.60. The van der Waals surface area contributed by atoms with Crippen LogP contribution in [-0.4, -0.2) is 24.3 Å². The molecule has 4 nitrogen and oxygen atoms in total. The van der Waals surface area contributed by atoms with E-state index in [4.69, 9.17) is 5.73 Å². The molecule has 2 unspecified atom stereocenters. The zero-order valence-corrected chi connectivity index (χ0v) is 12.1. The van der Waals surface area contributed by atoms with Gasteiger partial charge in [0, 0.05) is 30.3 Å². The van der Waals surface area contributed by atoms with E-state index in [2.05, 4.69) is 11.8 Å². The topological polar surface area (TPSA) is 63.4 Å². The van der Waals surface area contributed by atoms with Crippen LogP contribution in [0.5, 0.6) is 0 Å². The molecular weight excluding hydrogens is 252 g/mol. The lowest BCUT2D eigenvalue weighted by atomic mass is 9.91. The quantitative estimate of drug-likeness (QED) is 0.857. The van der Waals surface area contributed by atoms with Gasteiger partial charge in [-0.2, -0.15) is 0 Å². The number of para-hydroxylation sites is 1. The predicted octanol–water partition coefficient (Wildman–Crippen LogP) is 2.37. The second-order valence-electron chi connectivity index (χ2n) is 5.47. The Labute approximate surface area is 119 Å². The molecule has 0 bridgehead atoms. The van der Waals surface area contributed by atoms with Gasteiger partial charge in [0.05, 0.1) is 5.92 Å². The summed E-state index contributed by atoms with van der Waals surface area (Å²) in [6, 6.07) is 7.95. The number of carbonyl (C=O) groups is 2. The molecule has 0 aliphatic carbocycles. The average Bonchev–Trinajstić information content (AvgIpc) is 2.46. The number of benzene rings is 1. The summed E-state index contributed by atoms with van der Waals surface area (Å²) < 4.78 is 0. The van der Waals surface area contributed by atoms with E-state index >= 15 is 0 Å². The molecule has 20 heavy (non-hydrogen) atoms. The Bertz CT molecular complexity index is 513. The minimum absolute atomic E-state index is 0.129. The van der Waals surface area contributed by atoms with Crippen LogP contribution in [0.15, 0.2) is 24.3 Å². The van der Waals surface area contributed by atoms with Gasteiger partial charge in [0.25, 0.3) is 0 Å². The smallest absolute Gasteiger partial charge is 0.222 e. The molecule has 2 rings (SSSR count). The number of ketones is 1. The molecule has 1 saturated heterocycles. The molecule has 2 N–H and O–H groups in total. The standard InChI is InChI=1S/C16H22N2O2/c1-3-15(19)13-6-4-5-7-14(13)18-10-12(16(17)20)9-8-11(18)2/h4-7,11-12H,3,8-10H2,1-2H3,(H2,17,20). The zero-order valence-electron chi connectivity index (χ0n) is 12.1. The van der Waals surface area contributed by atoms with E-state index in [1.165, 1.54) is 0 Å². The second-order valence-corrected chi connectivity index (χ2v) is 5.47. The fraction of sp³-hybridized carbons (Fsp3) is 0.500. The molecule has 1 amide bonds. The molecule has 0 saturated carbocycles. The third-order valence-corrected chi connectivity index (χ3v) is 4.12. The first-order valence-corrected chi connectivity index (χ1v) is 7.22. The van der Waals surface area contributed by atoms with Crippen molar-refractivity contribution in [2.75, 3.05) is 11.4 Å².